The van der Waals surface area contributed by atoms with Crippen molar-refractivity contribution in [2.24, 2.45) is 0 Å². The molecule has 11 heteroatoms. The second-order valence-electron chi connectivity index (χ2n) is 6.21. The number of thioether (sulfide) groups is 2. The molecule has 150 valence electrons. The maximum absolute atomic E-state index is 12.5. The molecule has 0 bridgehead atoms. The number of ether oxygens (including phenoxy) is 1. The van der Waals surface area contributed by atoms with Crippen molar-refractivity contribution in [2.75, 3.05) is 6.61 Å². The Bertz CT molecular complexity index is 833. The van der Waals surface area contributed by atoms with Gasteiger partial charge in [0.15, 0.2) is 4.75 Å². The molecule has 6 nitrogen and oxygen atoms in total. The smallest absolute Gasteiger partial charge is 0.328 e. The zero-order valence-corrected chi connectivity index (χ0v) is 18.4. The van der Waals surface area contributed by atoms with Crippen molar-refractivity contribution in [3.8, 4) is 0 Å². The summed E-state index contributed by atoms with van der Waals surface area (Å²) in [6, 6.07) is 8.31. The van der Waals surface area contributed by atoms with Crippen LogP contribution < -0.4 is 5.32 Å². The van der Waals surface area contributed by atoms with E-state index in [2.05, 4.69) is 11.9 Å². The fraction of sp³-hybridized carbons (Fsp3) is 0.353. The summed E-state index contributed by atoms with van der Waals surface area (Å²) in [5.74, 6) is -0.998. The average molecular weight is 482 g/mol. The van der Waals surface area contributed by atoms with Gasteiger partial charge in [-0.25, -0.2) is 0 Å². The van der Waals surface area contributed by atoms with Crippen LogP contribution in [0.4, 0.5) is 4.79 Å². The van der Waals surface area contributed by atoms with E-state index in [1.54, 1.807) is 19.1 Å². The molecule has 28 heavy (non-hydrogen) atoms. The van der Waals surface area contributed by atoms with E-state index in [4.69, 9.17) is 39.5 Å². The molecule has 2 fully saturated rings. The molecule has 3 rings (SSSR count). The fourth-order valence-corrected chi connectivity index (χ4v) is 5.13. The van der Waals surface area contributed by atoms with Gasteiger partial charge >= 0.3 is 5.97 Å². The third-order valence-electron chi connectivity index (χ3n) is 4.22. The van der Waals surface area contributed by atoms with E-state index in [1.165, 1.54) is 16.7 Å². The molecule has 2 heterocycles. The van der Waals surface area contributed by atoms with Crippen molar-refractivity contribution in [1.82, 2.24) is 10.2 Å². The van der Waals surface area contributed by atoms with Gasteiger partial charge < -0.3 is 10.1 Å². The van der Waals surface area contributed by atoms with E-state index >= 15 is 0 Å². The van der Waals surface area contributed by atoms with E-state index in [9.17, 15) is 14.4 Å². The summed E-state index contributed by atoms with van der Waals surface area (Å²) in [6.07, 6.45) is 0. The highest BCUT2D eigenvalue weighted by atomic mass is 35.6. The van der Waals surface area contributed by atoms with Crippen LogP contribution in [0.3, 0.4) is 0 Å². The van der Waals surface area contributed by atoms with Crippen LogP contribution in [-0.4, -0.2) is 48.6 Å². The number of fused-ring (bicyclic) bond motifs is 1. The van der Waals surface area contributed by atoms with Gasteiger partial charge in [-0.2, -0.15) is 0 Å². The van der Waals surface area contributed by atoms with Crippen LogP contribution in [0.25, 0.3) is 0 Å². The Hall–Kier alpha value is -1.06. The number of alkyl halides is 3. The number of nitrogens with one attached hydrogen (secondary N) is 1. The topological polar surface area (TPSA) is 75.7 Å². The summed E-state index contributed by atoms with van der Waals surface area (Å²) in [7, 11) is 0. The molecule has 0 spiro atoms. The Morgan fingerprint density at radius 1 is 1.36 bits per heavy atom. The molecule has 0 radical (unpaired) electrons. The standard InChI is InChI=1S/C17H15Cl3N2O4S2/c1-9-16(2,14(24)26-8-17(18,19)20)28-13-11(12(23)22(9)13)21-15(25)27-10-6-4-3-5-7-10/h3-7,11,13H,1,8H2,2H3,(H,21,25)/t11?,13-,16?/m1/s1. The van der Waals surface area contributed by atoms with Crippen molar-refractivity contribution in [3.05, 3.63) is 42.6 Å². The number of benzene rings is 1. The molecule has 2 aliphatic rings. The lowest BCUT2D eigenvalue weighted by molar-refractivity contribution is -0.146. The minimum absolute atomic E-state index is 0.281. The highest BCUT2D eigenvalue weighted by molar-refractivity contribution is 8.13. The van der Waals surface area contributed by atoms with E-state index < -0.39 is 32.5 Å². The number of hydrogen-bond acceptors (Lipinski definition) is 6. The molecule has 0 aliphatic carbocycles. The predicted octanol–water partition coefficient (Wildman–Crippen LogP) is 3.96. The van der Waals surface area contributed by atoms with E-state index in [0.717, 1.165) is 16.7 Å². The van der Waals surface area contributed by atoms with Gasteiger partial charge in [0.1, 0.15) is 18.0 Å². The molecular formula is C17H15Cl3N2O4S2. The van der Waals surface area contributed by atoms with Gasteiger partial charge in [-0.1, -0.05) is 59.6 Å². The van der Waals surface area contributed by atoms with Crippen molar-refractivity contribution in [3.63, 3.8) is 0 Å². The number of amides is 2. The maximum Gasteiger partial charge on any atom is 0.328 e. The first kappa shape index (κ1) is 21.6. The normalized spacial score (nSPS) is 26.5. The summed E-state index contributed by atoms with van der Waals surface area (Å²) >= 11 is 19.0. The zero-order chi connectivity index (χ0) is 20.7. The van der Waals surface area contributed by atoms with Gasteiger partial charge in [-0.05, 0) is 30.8 Å². The van der Waals surface area contributed by atoms with Crippen LogP contribution in [0.1, 0.15) is 6.92 Å². The van der Waals surface area contributed by atoms with Gasteiger partial charge in [0, 0.05) is 10.6 Å². The fourth-order valence-electron chi connectivity index (χ4n) is 2.75. The number of β-lactam (4-membered cyclic amide) rings is 1. The van der Waals surface area contributed by atoms with Gasteiger partial charge in [0.25, 0.3) is 11.1 Å². The third-order valence-corrected chi connectivity index (χ3v) is 6.96. The predicted molar refractivity (Wildman–Crippen MR) is 112 cm³/mol. The minimum Gasteiger partial charge on any atom is -0.460 e. The molecule has 1 N–H and O–H groups in total. The third kappa shape index (κ3) is 4.26. The average Bonchev–Trinajstić information content (AvgIpc) is 2.87. The van der Waals surface area contributed by atoms with Crippen LogP contribution in [0.2, 0.25) is 0 Å². The minimum atomic E-state index is -1.74. The first-order chi connectivity index (χ1) is 13.0. The quantitative estimate of drug-likeness (QED) is 0.304. The first-order valence-corrected chi connectivity index (χ1v) is 10.8. The highest BCUT2D eigenvalue weighted by Gasteiger charge is 2.63. The van der Waals surface area contributed by atoms with Gasteiger partial charge in [-0.15, -0.1) is 11.8 Å². The Balaban J connectivity index is 1.64. The van der Waals surface area contributed by atoms with Crippen LogP contribution in [-0.2, 0) is 14.3 Å². The van der Waals surface area contributed by atoms with Gasteiger partial charge in [0.2, 0.25) is 3.79 Å². The summed E-state index contributed by atoms with van der Waals surface area (Å²) in [4.78, 5) is 39.4. The summed E-state index contributed by atoms with van der Waals surface area (Å²) in [5.41, 5.74) is 0.281. The molecule has 3 atom stereocenters. The molecule has 0 saturated carbocycles. The van der Waals surface area contributed by atoms with Gasteiger partial charge in [0.05, 0.1) is 0 Å². The molecular weight excluding hydrogens is 467 g/mol. The second kappa shape index (κ2) is 7.99. The zero-order valence-electron chi connectivity index (χ0n) is 14.5. The molecule has 2 saturated heterocycles. The summed E-state index contributed by atoms with van der Waals surface area (Å²) in [5, 5.41) is 1.88. The second-order valence-corrected chi connectivity index (χ2v) is 11.3. The number of halogens is 3. The van der Waals surface area contributed by atoms with Crippen molar-refractivity contribution >= 4 is 75.4 Å². The Labute approximate surface area is 185 Å². The van der Waals surface area contributed by atoms with Crippen molar-refractivity contribution in [2.45, 2.75) is 31.8 Å². The lowest BCUT2D eigenvalue weighted by Gasteiger charge is -2.41. The Kier molecular flexibility index (Phi) is 6.18. The molecule has 0 aromatic heterocycles. The van der Waals surface area contributed by atoms with E-state index in [1.807, 2.05) is 18.2 Å². The van der Waals surface area contributed by atoms with Crippen LogP contribution in [0.5, 0.6) is 0 Å². The Morgan fingerprint density at radius 3 is 2.61 bits per heavy atom. The van der Waals surface area contributed by atoms with Crippen molar-refractivity contribution < 1.29 is 19.1 Å². The molecule has 2 unspecified atom stereocenters. The summed E-state index contributed by atoms with van der Waals surface area (Å²) in [6.45, 7) is 5.02. The molecule has 1 aromatic rings. The lowest BCUT2D eigenvalue weighted by atomic mass is 10.0. The SMILES string of the molecule is C=C1N2C(=O)C(NC(=O)Sc3ccccc3)[C@H]2SC1(C)C(=O)OCC(Cl)(Cl)Cl. The van der Waals surface area contributed by atoms with E-state index in [0.29, 0.717) is 0 Å². The largest absolute Gasteiger partial charge is 0.460 e. The Morgan fingerprint density at radius 2 is 2.00 bits per heavy atom. The number of esters is 1. The van der Waals surface area contributed by atoms with E-state index in [-0.39, 0.29) is 16.8 Å². The first-order valence-electron chi connectivity index (χ1n) is 8.00. The van der Waals surface area contributed by atoms with Crippen LogP contribution in [0, 0.1) is 0 Å². The number of hydrogen-bond donors (Lipinski definition) is 1. The summed E-state index contributed by atoms with van der Waals surface area (Å²) < 4.78 is 2.11. The number of nitrogens with zero attached hydrogens (tertiary/aromatic N) is 1. The monoisotopic (exact) mass is 480 g/mol. The highest BCUT2D eigenvalue weighted by Crippen LogP contribution is 2.53. The van der Waals surface area contributed by atoms with Crippen LogP contribution in [0.15, 0.2) is 47.5 Å². The lowest BCUT2D eigenvalue weighted by Crippen LogP contribution is -2.66. The van der Waals surface area contributed by atoms with Gasteiger partial charge in [-0.3, -0.25) is 19.3 Å². The number of rotatable bonds is 4. The molecule has 2 aliphatic heterocycles. The van der Waals surface area contributed by atoms with Crippen molar-refractivity contribution in [1.29, 1.82) is 0 Å². The molecule has 2 amide bonds. The number of carbonyl (C=O) groups is 3. The number of carbonyl (C=O) groups excluding carboxylic acids is 3. The van der Waals surface area contributed by atoms with Crippen LogP contribution >= 0.6 is 58.3 Å². The maximum atomic E-state index is 12.5. The molecule has 1 aromatic carbocycles.